The zero-order valence-corrected chi connectivity index (χ0v) is 17.0. The number of ether oxygens (including phenoxy) is 1. The molecule has 1 aromatic rings. The van der Waals surface area contributed by atoms with Crippen molar-refractivity contribution in [1.82, 2.24) is 19.6 Å². The number of rotatable bonds is 6. The Morgan fingerprint density at radius 1 is 1.29 bits per heavy atom. The lowest BCUT2D eigenvalue weighted by atomic mass is 9.87. The third-order valence-corrected chi connectivity index (χ3v) is 6.34. The highest BCUT2D eigenvalue weighted by Crippen LogP contribution is 2.33. The maximum absolute atomic E-state index is 11.7. The molecule has 1 aromatic heterocycles. The Bertz CT molecular complexity index is 767. The molecule has 9 nitrogen and oxygen atoms in total. The van der Waals surface area contributed by atoms with E-state index in [4.69, 9.17) is 4.74 Å². The highest BCUT2D eigenvalue weighted by molar-refractivity contribution is 7.88. The predicted octanol–water partition coefficient (Wildman–Crippen LogP) is 1.58. The first-order valence-electron chi connectivity index (χ1n) is 9.61. The van der Waals surface area contributed by atoms with Gasteiger partial charge in [-0.2, -0.15) is 0 Å². The van der Waals surface area contributed by atoms with Gasteiger partial charge in [-0.15, -0.1) is 0 Å². The SMILES string of the molecule is C[C@@H]1C[C@H](NS(C)(=O)=O)[C@H](COC2CCC(c3ncccn3)CC2)N1C(=O)O. The van der Waals surface area contributed by atoms with Gasteiger partial charge in [-0.3, -0.25) is 4.90 Å². The Labute approximate surface area is 165 Å². The van der Waals surface area contributed by atoms with Crippen LogP contribution < -0.4 is 4.72 Å². The van der Waals surface area contributed by atoms with Crippen molar-refractivity contribution in [2.45, 2.75) is 69.2 Å². The summed E-state index contributed by atoms with van der Waals surface area (Å²) in [5.41, 5.74) is 0. The average Bonchev–Trinajstić information content (AvgIpc) is 2.94. The molecular weight excluding hydrogens is 384 g/mol. The second-order valence-corrected chi connectivity index (χ2v) is 9.53. The molecule has 1 saturated heterocycles. The molecule has 28 heavy (non-hydrogen) atoms. The summed E-state index contributed by atoms with van der Waals surface area (Å²) in [4.78, 5) is 21.6. The lowest BCUT2D eigenvalue weighted by molar-refractivity contribution is -0.00736. The quantitative estimate of drug-likeness (QED) is 0.727. The summed E-state index contributed by atoms with van der Waals surface area (Å²) in [5, 5.41) is 9.55. The van der Waals surface area contributed by atoms with E-state index in [9.17, 15) is 18.3 Å². The lowest BCUT2D eigenvalue weighted by Crippen LogP contribution is -2.50. The standard InChI is InChI=1S/C18H28N4O5S/c1-12-10-15(21-28(2,25)26)16(22(12)18(23)24)11-27-14-6-4-13(5-7-14)17-19-8-3-9-20-17/h3,8-9,12-16,21H,4-7,10-11H2,1-2H3,(H,23,24)/t12-,13?,14?,15+,16+/m1/s1. The molecular formula is C18H28N4O5S. The van der Waals surface area contributed by atoms with Crippen molar-refractivity contribution >= 4 is 16.1 Å². The molecule has 2 heterocycles. The number of nitrogens with one attached hydrogen (secondary N) is 1. The summed E-state index contributed by atoms with van der Waals surface area (Å²) in [6.45, 7) is 1.97. The Morgan fingerprint density at radius 2 is 1.93 bits per heavy atom. The number of likely N-dealkylation sites (tertiary alicyclic amines) is 1. The van der Waals surface area contributed by atoms with Gasteiger partial charge in [0, 0.05) is 30.4 Å². The second-order valence-electron chi connectivity index (χ2n) is 7.75. The molecule has 10 heteroatoms. The topological polar surface area (TPSA) is 122 Å². The number of sulfonamides is 1. The van der Waals surface area contributed by atoms with Gasteiger partial charge in [0.2, 0.25) is 10.0 Å². The number of hydrogen-bond acceptors (Lipinski definition) is 6. The molecule has 1 aliphatic carbocycles. The Kier molecular flexibility index (Phi) is 6.51. The van der Waals surface area contributed by atoms with Gasteiger partial charge < -0.3 is 9.84 Å². The van der Waals surface area contributed by atoms with Crippen LogP contribution in [0.2, 0.25) is 0 Å². The molecule has 1 amide bonds. The molecule has 2 fully saturated rings. The third kappa shape index (κ3) is 5.18. The number of nitrogens with zero attached hydrogens (tertiary/aromatic N) is 3. The molecule has 2 aliphatic rings. The average molecular weight is 413 g/mol. The van der Waals surface area contributed by atoms with Crippen LogP contribution in [-0.4, -0.2) is 71.6 Å². The maximum Gasteiger partial charge on any atom is 0.407 e. The first-order valence-corrected chi connectivity index (χ1v) is 11.5. The minimum Gasteiger partial charge on any atom is -0.465 e. The summed E-state index contributed by atoms with van der Waals surface area (Å²) < 4.78 is 31.9. The molecule has 1 aliphatic heterocycles. The van der Waals surface area contributed by atoms with Gasteiger partial charge in [-0.1, -0.05) is 0 Å². The van der Waals surface area contributed by atoms with Crippen molar-refractivity contribution in [2.24, 2.45) is 0 Å². The normalized spacial score (nSPS) is 31.1. The molecule has 0 spiro atoms. The first-order chi connectivity index (χ1) is 13.2. The van der Waals surface area contributed by atoms with Gasteiger partial charge in [0.25, 0.3) is 0 Å². The highest BCUT2D eigenvalue weighted by Gasteiger charge is 2.43. The Morgan fingerprint density at radius 3 is 2.50 bits per heavy atom. The number of amides is 1. The van der Waals surface area contributed by atoms with Crippen LogP contribution in [0, 0.1) is 0 Å². The number of carboxylic acid groups (broad SMARTS) is 1. The minimum atomic E-state index is -3.43. The predicted molar refractivity (Wildman–Crippen MR) is 102 cm³/mol. The van der Waals surface area contributed by atoms with Crippen molar-refractivity contribution in [3.63, 3.8) is 0 Å². The van der Waals surface area contributed by atoms with E-state index in [1.807, 2.05) is 0 Å². The zero-order valence-electron chi connectivity index (χ0n) is 16.2. The Balaban J connectivity index is 1.57. The van der Waals surface area contributed by atoms with Crippen LogP contribution in [-0.2, 0) is 14.8 Å². The van der Waals surface area contributed by atoms with Gasteiger partial charge in [-0.05, 0) is 45.1 Å². The first kappa shape index (κ1) is 20.9. The highest BCUT2D eigenvalue weighted by atomic mass is 32.2. The van der Waals surface area contributed by atoms with Crippen LogP contribution in [0.3, 0.4) is 0 Å². The molecule has 0 aromatic carbocycles. The molecule has 0 bridgehead atoms. The van der Waals surface area contributed by atoms with Crippen molar-refractivity contribution < 1.29 is 23.1 Å². The molecule has 1 saturated carbocycles. The molecule has 3 rings (SSSR count). The second kappa shape index (κ2) is 8.71. The van der Waals surface area contributed by atoms with Crippen LogP contribution in [0.1, 0.15) is 50.8 Å². The third-order valence-electron chi connectivity index (χ3n) is 5.61. The van der Waals surface area contributed by atoms with Crippen LogP contribution >= 0.6 is 0 Å². The molecule has 3 atom stereocenters. The number of carbonyl (C=O) groups is 1. The van der Waals surface area contributed by atoms with Gasteiger partial charge in [0.15, 0.2) is 0 Å². The van der Waals surface area contributed by atoms with Crippen LogP contribution in [0.15, 0.2) is 18.5 Å². The van der Waals surface area contributed by atoms with E-state index in [0.29, 0.717) is 12.3 Å². The van der Waals surface area contributed by atoms with Crippen LogP contribution in [0.25, 0.3) is 0 Å². The largest absolute Gasteiger partial charge is 0.465 e. The lowest BCUT2D eigenvalue weighted by Gasteiger charge is -2.32. The van der Waals surface area contributed by atoms with E-state index in [-0.39, 0.29) is 18.8 Å². The Hall–Kier alpha value is -1.78. The summed E-state index contributed by atoms with van der Waals surface area (Å²) in [7, 11) is -3.43. The maximum atomic E-state index is 11.7. The van der Waals surface area contributed by atoms with Gasteiger partial charge in [0.1, 0.15) is 5.82 Å². The fourth-order valence-corrected chi connectivity index (χ4v) is 5.13. The van der Waals surface area contributed by atoms with E-state index in [1.165, 1.54) is 4.90 Å². The van der Waals surface area contributed by atoms with E-state index >= 15 is 0 Å². The number of aromatic nitrogens is 2. The minimum absolute atomic E-state index is 0.0328. The molecule has 2 N–H and O–H groups in total. The summed E-state index contributed by atoms with van der Waals surface area (Å²) in [6.07, 6.45) is 7.55. The van der Waals surface area contributed by atoms with Crippen molar-refractivity contribution in [2.75, 3.05) is 12.9 Å². The molecule has 0 unspecified atom stereocenters. The van der Waals surface area contributed by atoms with Crippen LogP contribution in [0.4, 0.5) is 4.79 Å². The van der Waals surface area contributed by atoms with E-state index in [1.54, 1.807) is 25.4 Å². The fourth-order valence-electron chi connectivity index (χ4n) is 4.33. The van der Waals surface area contributed by atoms with E-state index < -0.39 is 28.2 Å². The van der Waals surface area contributed by atoms with Crippen LogP contribution in [0.5, 0.6) is 0 Å². The summed E-state index contributed by atoms with van der Waals surface area (Å²) in [6, 6.07) is 0.527. The zero-order chi connectivity index (χ0) is 20.3. The molecule has 0 radical (unpaired) electrons. The van der Waals surface area contributed by atoms with Gasteiger partial charge >= 0.3 is 6.09 Å². The fraction of sp³-hybridized carbons (Fsp3) is 0.722. The van der Waals surface area contributed by atoms with E-state index in [0.717, 1.165) is 37.8 Å². The smallest absolute Gasteiger partial charge is 0.407 e. The monoisotopic (exact) mass is 412 g/mol. The summed E-state index contributed by atoms with van der Waals surface area (Å²) >= 11 is 0. The van der Waals surface area contributed by atoms with E-state index in [2.05, 4.69) is 14.7 Å². The number of hydrogen-bond donors (Lipinski definition) is 2. The van der Waals surface area contributed by atoms with Crippen molar-refractivity contribution in [3.05, 3.63) is 24.3 Å². The summed E-state index contributed by atoms with van der Waals surface area (Å²) in [5.74, 6) is 1.18. The van der Waals surface area contributed by atoms with Crippen molar-refractivity contribution in [1.29, 1.82) is 0 Å². The van der Waals surface area contributed by atoms with Gasteiger partial charge in [0.05, 0.1) is 25.0 Å². The molecule has 156 valence electrons. The van der Waals surface area contributed by atoms with Crippen molar-refractivity contribution in [3.8, 4) is 0 Å². The van der Waals surface area contributed by atoms with Gasteiger partial charge in [-0.25, -0.2) is 27.9 Å².